The van der Waals surface area contributed by atoms with Crippen molar-refractivity contribution in [3.8, 4) is 22.4 Å². The fourth-order valence-electron chi connectivity index (χ4n) is 8.69. The number of pyridine rings is 3. The van der Waals surface area contributed by atoms with E-state index in [1.54, 1.807) is 0 Å². The number of para-hydroxylation sites is 2. The topological polar surface area (TPSA) is 43.1 Å². The molecule has 1 aliphatic carbocycles. The quantitative estimate of drug-likeness (QED) is 0.181. The van der Waals surface area contributed by atoms with Crippen LogP contribution in [0, 0.1) is 0 Å². The lowest BCUT2D eigenvalue weighted by atomic mass is 9.66. The second kappa shape index (κ2) is 10.2. The number of hydrogen-bond acceptors (Lipinski definition) is 3. The van der Waals surface area contributed by atoms with Gasteiger partial charge in [0.15, 0.2) is 0 Å². The van der Waals surface area contributed by atoms with Crippen LogP contribution < -0.4 is 0 Å². The molecule has 0 fully saturated rings. The van der Waals surface area contributed by atoms with Crippen LogP contribution >= 0.6 is 0 Å². The van der Waals surface area contributed by atoms with Crippen LogP contribution in [0.1, 0.15) is 22.3 Å². The lowest BCUT2D eigenvalue weighted by Crippen LogP contribution is -2.28. The summed E-state index contributed by atoms with van der Waals surface area (Å²) in [5.74, 6) is 0. The van der Waals surface area contributed by atoms with Crippen LogP contribution in [-0.2, 0) is 5.41 Å². The van der Waals surface area contributed by atoms with E-state index in [9.17, 15) is 0 Å². The molecule has 0 radical (unpaired) electrons. The minimum absolute atomic E-state index is 0.609. The molecule has 11 rings (SSSR count). The Morgan fingerprint density at radius 2 is 1.16 bits per heavy atom. The van der Waals surface area contributed by atoms with Crippen LogP contribution in [0.25, 0.3) is 71.6 Å². The Bertz CT molecular complexity index is 2950. The van der Waals surface area contributed by atoms with Gasteiger partial charge in [0.05, 0.1) is 22.1 Å². The average molecular weight is 637 g/mol. The van der Waals surface area contributed by atoms with Gasteiger partial charge in [-0.15, -0.1) is 0 Å². The van der Waals surface area contributed by atoms with Crippen LogP contribution in [0.3, 0.4) is 0 Å². The normalized spacial score (nSPS) is 13.4. The van der Waals surface area contributed by atoms with Crippen molar-refractivity contribution in [2.45, 2.75) is 5.41 Å². The Kier molecular flexibility index (Phi) is 5.56. The van der Waals surface area contributed by atoms with E-state index in [1.807, 2.05) is 24.5 Å². The first-order valence-corrected chi connectivity index (χ1v) is 17.0. The van der Waals surface area contributed by atoms with Crippen molar-refractivity contribution in [3.05, 3.63) is 192 Å². The number of nitrogens with zero attached hydrogens (tertiary/aromatic N) is 4. The Morgan fingerprint density at radius 3 is 2.00 bits per heavy atom. The summed E-state index contributed by atoms with van der Waals surface area (Å²) in [6, 6.07) is 57.1. The van der Waals surface area contributed by atoms with Gasteiger partial charge in [-0.3, -0.25) is 9.38 Å². The average Bonchev–Trinajstić information content (AvgIpc) is 3.73. The summed E-state index contributed by atoms with van der Waals surface area (Å²) in [6.45, 7) is 0. The van der Waals surface area contributed by atoms with Gasteiger partial charge in [0, 0.05) is 28.7 Å². The minimum atomic E-state index is -0.609. The summed E-state index contributed by atoms with van der Waals surface area (Å²) < 4.78 is 2.23. The van der Waals surface area contributed by atoms with Crippen molar-refractivity contribution < 1.29 is 0 Å². The van der Waals surface area contributed by atoms with E-state index in [-0.39, 0.29) is 0 Å². The standard InChI is InChI=1S/C46H28N4/c1-2-13-32-29(12-1)26-31(28-37(32)41-19-9-10-24-47-41)46(39-17-5-3-14-34(39)35-15-4-6-18-40(35)46)30-22-23-33-36-16-11-25-48-44(36)50-43-21-8-7-20-42(43)49-45(50)38(33)27-30/h1-28H. The number of rotatable bonds is 3. The molecule has 0 atom stereocenters. The van der Waals surface area contributed by atoms with Gasteiger partial charge >= 0.3 is 0 Å². The first-order chi connectivity index (χ1) is 24.8. The van der Waals surface area contributed by atoms with Gasteiger partial charge in [-0.1, -0.05) is 103 Å². The molecule has 0 saturated heterocycles. The molecule has 0 bridgehead atoms. The first kappa shape index (κ1) is 27.3. The fraction of sp³-hybridized carbons (Fsp3) is 0.0217. The van der Waals surface area contributed by atoms with E-state index < -0.39 is 5.41 Å². The number of hydrogen-bond donors (Lipinski definition) is 0. The summed E-state index contributed by atoms with van der Waals surface area (Å²) in [5.41, 5.74) is 12.8. The van der Waals surface area contributed by atoms with Gasteiger partial charge in [0.2, 0.25) is 0 Å². The lowest BCUT2D eigenvalue weighted by Gasteiger charge is -2.35. The summed E-state index contributed by atoms with van der Waals surface area (Å²) >= 11 is 0. The molecule has 0 spiro atoms. The van der Waals surface area contributed by atoms with E-state index in [4.69, 9.17) is 15.0 Å². The SMILES string of the molecule is c1ccc(-c2cc(C3(c4ccc5c6cccnc6n6c7ccccc7nc6c5c4)c4ccccc4-c4ccccc43)cc3ccccc23)nc1. The second-order valence-electron chi connectivity index (χ2n) is 13.2. The van der Waals surface area contributed by atoms with E-state index in [0.717, 1.165) is 49.7 Å². The maximum atomic E-state index is 5.25. The smallest absolute Gasteiger partial charge is 0.147 e. The predicted octanol–water partition coefficient (Wildman–Crippen LogP) is 10.8. The van der Waals surface area contributed by atoms with Crippen LogP contribution in [0.15, 0.2) is 170 Å². The zero-order chi connectivity index (χ0) is 32.8. The van der Waals surface area contributed by atoms with Gasteiger partial charge in [0.1, 0.15) is 11.3 Å². The van der Waals surface area contributed by atoms with Gasteiger partial charge in [-0.05, 0) is 104 Å². The Morgan fingerprint density at radius 1 is 0.440 bits per heavy atom. The van der Waals surface area contributed by atoms with E-state index in [2.05, 4.69) is 150 Å². The highest BCUT2D eigenvalue weighted by atomic mass is 15.1. The van der Waals surface area contributed by atoms with Gasteiger partial charge in [-0.25, -0.2) is 9.97 Å². The third kappa shape index (κ3) is 3.57. The number of aromatic nitrogens is 4. The van der Waals surface area contributed by atoms with Crippen molar-refractivity contribution in [3.63, 3.8) is 0 Å². The summed E-state index contributed by atoms with van der Waals surface area (Å²) in [6.07, 6.45) is 3.76. The van der Waals surface area contributed by atoms with Crippen LogP contribution in [0.2, 0.25) is 0 Å². The largest absolute Gasteiger partial charge is 0.276 e. The van der Waals surface area contributed by atoms with Crippen LogP contribution in [-0.4, -0.2) is 19.4 Å². The molecule has 0 aliphatic heterocycles. The van der Waals surface area contributed by atoms with Gasteiger partial charge < -0.3 is 0 Å². The van der Waals surface area contributed by atoms with Gasteiger partial charge in [0.25, 0.3) is 0 Å². The molecule has 6 aromatic carbocycles. The zero-order valence-electron chi connectivity index (χ0n) is 27.0. The minimum Gasteiger partial charge on any atom is -0.276 e. The molecule has 4 heterocycles. The molecule has 4 nitrogen and oxygen atoms in total. The zero-order valence-corrected chi connectivity index (χ0v) is 27.0. The second-order valence-corrected chi connectivity index (χ2v) is 13.2. The highest BCUT2D eigenvalue weighted by molar-refractivity contribution is 6.13. The summed E-state index contributed by atoms with van der Waals surface area (Å²) in [7, 11) is 0. The Balaban J connectivity index is 1.32. The highest BCUT2D eigenvalue weighted by Gasteiger charge is 2.46. The molecule has 0 saturated carbocycles. The molecule has 232 valence electrons. The van der Waals surface area contributed by atoms with Crippen molar-refractivity contribution in [2.24, 2.45) is 0 Å². The molecular weight excluding hydrogens is 609 g/mol. The maximum Gasteiger partial charge on any atom is 0.147 e. The highest BCUT2D eigenvalue weighted by Crippen LogP contribution is 2.57. The number of imidazole rings is 1. The third-order valence-corrected chi connectivity index (χ3v) is 10.7. The molecule has 10 aromatic rings. The Labute approximate surface area is 288 Å². The van der Waals surface area contributed by atoms with Crippen LogP contribution in [0.4, 0.5) is 0 Å². The molecule has 0 unspecified atom stereocenters. The predicted molar refractivity (Wildman–Crippen MR) is 204 cm³/mol. The molecule has 1 aliphatic rings. The monoisotopic (exact) mass is 636 g/mol. The molecule has 4 aromatic heterocycles. The first-order valence-electron chi connectivity index (χ1n) is 17.0. The fourth-order valence-corrected chi connectivity index (χ4v) is 8.69. The molecule has 4 heteroatoms. The van der Waals surface area contributed by atoms with Crippen molar-refractivity contribution in [1.29, 1.82) is 0 Å². The Hall–Kier alpha value is -6.65. The van der Waals surface area contributed by atoms with Gasteiger partial charge in [-0.2, -0.15) is 0 Å². The summed E-state index contributed by atoms with van der Waals surface area (Å²) in [4.78, 5) is 15.0. The molecule has 0 N–H and O–H groups in total. The molecule has 0 amide bonds. The molecule has 50 heavy (non-hydrogen) atoms. The van der Waals surface area contributed by atoms with E-state index in [1.165, 1.54) is 44.2 Å². The third-order valence-electron chi connectivity index (χ3n) is 10.7. The molecular formula is C46H28N4. The number of fused-ring (bicyclic) bond motifs is 12. The van der Waals surface area contributed by atoms with Crippen molar-refractivity contribution in [1.82, 2.24) is 19.4 Å². The van der Waals surface area contributed by atoms with Crippen molar-refractivity contribution >= 4 is 49.3 Å². The van der Waals surface area contributed by atoms with E-state index in [0.29, 0.717) is 0 Å². The van der Waals surface area contributed by atoms with Crippen LogP contribution in [0.5, 0.6) is 0 Å². The maximum absolute atomic E-state index is 5.25. The van der Waals surface area contributed by atoms with E-state index >= 15 is 0 Å². The summed E-state index contributed by atoms with van der Waals surface area (Å²) in [5, 5.41) is 5.72. The number of benzene rings is 6. The van der Waals surface area contributed by atoms with Crippen molar-refractivity contribution in [2.75, 3.05) is 0 Å². The lowest BCUT2D eigenvalue weighted by molar-refractivity contribution is 0.771.